The van der Waals surface area contributed by atoms with Crippen molar-refractivity contribution in [3.8, 4) is 11.5 Å². The Morgan fingerprint density at radius 2 is 1.97 bits per heavy atom. The Labute approximate surface area is 216 Å². The molecule has 8 heteroatoms. The Bertz CT molecular complexity index is 1430. The van der Waals surface area contributed by atoms with E-state index < -0.39 is 5.91 Å². The molecule has 0 fully saturated rings. The van der Waals surface area contributed by atoms with Crippen molar-refractivity contribution in [3.05, 3.63) is 106 Å². The number of hydrazone groups is 1. The average Bonchev–Trinajstić information content (AvgIpc) is 3.28. The number of ether oxygens (including phenoxy) is 2. The van der Waals surface area contributed by atoms with Crippen molar-refractivity contribution in [2.75, 3.05) is 6.61 Å². The molecule has 0 aliphatic heterocycles. The molecule has 0 saturated heterocycles. The first-order valence-corrected chi connectivity index (χ1v) is 12.1. The maximum Gasteiger partial charge on any atom is 0.307 e. The van der Waals surface area contributed by atoms with E-state index in [9.17, 15) is 9.18 Å². The van der Waals surface area contributed by atoms with Crippen molar-refractivity contribution < 1.29 is 23.1 Å². The van der Waals surface area contributed by atoms with Crippen LogP contribution in [0.5, 0.6) is 11.5 Å². The molecule has 36 heavy (non-hydrogen) atoms. The zero-order valence-electron chi connectivity index (χ0n) is 19.6. The standard InChI is InChI=1S/C28H24BrFN2O4/c1-3-7-19-12-18(13-25(34-4-2)27(19)35-17-20-8-5-6-9-23(20)30)16-31-32-28(33)26-15-21-14-22(29)10-11-24(21)36-26/h3,5-6,8-16H,1,4,7,17H2,2H3,(H,32,33)/b31-16+. The smallest absolute Gasteiger partial charge is 0.307 e. The predicted molar refractivity (Wildman–Crippen MR) is 141 cm³/mol. The van der Waals surface area contributed by atoms with Crippen LogP contribution in [0, 0.1) is 5.82 Å². The predicted octanol–water partition coefficient (Wildman–Crippen LogP) is 6.80. The molecule has 4 rings (SSSR count). The lowest BCUT2D eigenvalue weighted by Crippen LogP contribution is -2.16. The number of amides is 1. The third-order valence-electron chi connectivity index (χ3n) is 5.23. The summed E-state index contributed by atoms with van der Waals surface area (Å²) < 4.78 is 32.4. The van der Waals surface area contributed by atoms with Gasteiger partial charge in [0.05, 0.1) is 12.8 Å². The molecular weight excluding hydrogens is 527 g/mol. The van der Waals surface area contributed by atoms with E-state index >= 15 is 0 Å². The van der Waals surface area contributed by atoms with Gasteiger partial charge in [-0.25, -0.2) is 9.82 Å². The van der Waals surface area contributed by atoms with Gasteiger partial charge in [0.15, 0.2) is 17.3 Å². The molecule has 0 spiro atoms. The maximum atomic E-state index is 14.1. The van der Waals surface area contributed by atoms with E-state index in [2.05, 4.69) is 33.0 Å². The molecule has 3 aromatic carbocycles. The second-order valence-corrected chi connectivity index (χ2v) is 8.72. The lowest BCUT2D eigenvalue weighted by molar-refractivity contribution is 0.0929. The Morgan fingerprint density at radius 1 is 1.14 bits per heavy atom. The Kier molecular flexibility index (Phi) is 8.17. The summed E-state index contributed by atoms with van der Waals surface area (Å²) in [5.41, 5.74) is 5.01. The first-order valence-electron chi connectivity index (χ1n) is 11.3. The number of hydrogen-bond donors (Lipinski definition) is 1. The van der Waals surface area contributed by atoms with Gasteiger partial charge in [-0.15, -0.1) is 6.58 Å². The first-order chi connectivity index (χ1) is 17.5. The summed E-state index contributed by atoms with van der Waals surface area (Å²) in [6.45, 7) is 6.13. The third-order valence-corrected chi connectivity index (χ3v) is 5.72. The van der Waals surface area contributed by atoms with E-state index in [1.165, 1.54) is 12.3 Å². The number of nitrogens with one attached hydrogen (secondary N) is 1. The number of hydrogen-bond acceptors (Lipinski definition) is 5. The van der Waals surface area contributed by atoms with Crippen LogP contribution < -0.4 is 14.9 Å². The highest BCUT2D eigenvalue weighted by atomic mass is 79.9. The summed E-state index contributed by atoms with van der Waals surface area (Å²) >= 11 is 3.40. The van der Waals surface area contributed by atoms with Crippen molar-refractivity contribution in [1.82, 2.24) is 5.43 Å². The summed E-state index contributed by atoms with van der Waals surface area (Å²) in [5.74, 6) is 0.343. The highest BCUT2D eigenvalue weighted by Crippen LogP contribution is 2.34. The van der Waals surface area contributed by atoms with Crippen molar-refractivity contribution in [2.24, 2.45) is 5.10 Å². The van der Waals surface area contributed by atoms with Crippen LogP contribution in [0.2, 0.25) is 0 Å². The van der Waals surface area contributed by atoms with Crippen LogP contribution >= 0.6 is 15.9 Å². The highest BCUT2D eigenvalue weighted by molar-refractivity contribution is 9.10. The molecule has 1 heterocycles. The van der Waals surface area contributed by atoms with Crippen LogP contribution in [0.1, 0.15) is 34.2 Å². The second kappa shape index (κ2) is 11.7. The number of carbonyl (C=O) groups is 1. The number of furan rings is 1. The van der Waals surface area contributed by atoms with E-state index in [1.54, 1.807) is 42.5 Å². The van der Waals surface area contributed by atoms with Gasteiger partial charge < -0.3 is 13.9 Å². The van der Waals surface area contributed by atoms with E-state index in [0.717, 1.165) is 15.4 Å². The molecule has 0 atom stereocenters. The molecular formula is C28H24BrFN2O4. The van der Waals surface area contributed by atoms with Crippen LogP contribution in [-0.4, -0.2) is 18.7 Å². The van der Waals surface area contributed by atoms with Crippen molar-refractivity contribution in [2.45, 2.75) is 20.0 Å². The van der Waals surface area contributed by atoms with Crippen molar-refractivity contribution >= 4 is 39.0 Å². The number of fused-ring (bicyclic) bond motifs is 1. The summed E-state index contributed by atoms with van der Waals surface area (Å²) in [6, 6.07) is 17.2. The van der Waals surface area contributed by atoms with Crippen molar-refractivity contribution in [3.63, 3.8) is 0 Å². The van der Waals surface area contributed by atoms with Gasteiger partial charge in [0.2, 0.25) is 0 Å². The van der Waals surface area contributed by atoms with Gasteiger partial charge in [0.1, 0.15) is 18.0 Å². The Hall–Kier alpha value is -3.91. The minimum atomic E-state index is -0.472. The van der Waals surface area contributed by atoms with E-state index in [1.807, 2.05) is 25.1 Å². The molecule has 0 aliphatic carbocycles. The number of rotatable bonds is 10. The summed E-state index contributed by atoms with van der Waals surface area (Å²) in [4.78, 5) is 12.5. The minimum Gasteiger partial charge on any atom is -0.490 e. The molecule has 0 aliphatic rings. The van der Waals surface area contributed by atoms with E-state index in [-0.39, 0.29) is 18.2 Å². The molecule has 0 saturated carbocycles. The lowest BCUT2D eigenvalue weighted by atomic mass is 10.1. The van der Waals surface area contributed by atoms with Crippen LogP contribution in [-0.2, 0) is 13.0 Å². The molecule has 184 valence electrons. The minimum absolute atomic E-state index is 0.0501. The summed E-state index contributed by atoms with van der Waals surface area (Å²) in [6.07, 6.45) is 3.74. The van der Waals surface area contributed by atoms with Crippen LogP contribution in [0.4, 0.5) is 4.39 Å². The molecule has 1 aromatic heterocycles. The lowest BCUT2D eigenvalue weighted by Gasteiger charge is -2.17. The monoisotopic (exact) mass is 550 g/mol. The summed E-state index contributed by atoms with van der Waals surface area (Å²) in [5, 5.41) is 4.88. The van der Waals surface area contributed by atoms with Gasteiger partial charge in [0, 0.05) is 21.0 Å². The van der Waals surface area contributed by atoms with Gasteiger partial charge in [-0.05, 0) is 61.4 Å². The largest absolute Gasteiger partial charge is 0.490 e. The molecule has 1 N–H and O–H groups in total. The van der Waals surface area contributed by atoms with Crippen LogP contribution in [0.3, 0.4) is 0 Å². The number of allylic oxidation sites excluding steroid dienone is 1. The number of carbonyl (C=O) groups excluding carboxylic acids is 1. The molecule has 0 bridgehead atoms. The molecule has 4 aromatic rings. The topological polar surface area (TPSA) is 73.1 Å². The molecule has 0 radical (unpaired) electrons. The van der Waals surface area contributed by atoms with Crippen LogP contribution in [0.15, 0.2) is 87.3 Å². The van der Waals surface area contributed by atoms with E-state index in [0.29, 0.717) is 41.2 Å². The zero-order chi connectivity index (χ0) is 25.5. The SMILES string of the molecule is C=CCc1cc(/C=N/NC(=O)c2cc3cc(Br)ccc3o2)cc(OCC)c1OCc1ccccc1F. The normalized spacial score (nSPS) is 11.1. The summed E-state index contributed by atoms with van der Waals surface area (Å²) in [7, 11) is 0. The molecule has 0 unspecified atom stereocenters. The van der Waals surface area contributed by atoms with Gasteiger partial charge in [-0.3, -0.25) is 4.79 Å². The fourth-order valence-electron chi connectivity index (χ4n) is 3.60. The quantitative estimate of drug-likeness (QED) is 0.134. The third kappa shape index (κ3) is 6.01. The van der Waals surface area contributed by atoms with Gasteiger partial charge in [-0.1, -0.05) is 40.2 Å². The van der Waals surface area contributed by atoms with Gasteiger partial charge in [0.25, 0.3) is 0 Å². The van der Waals surface area contributed by atoms with Crippen LogP contribution in [0.25, 0.3) is 11.0 Å². The fraction of sp³-hybridized carbons (Fsp3) is 0.143. The fourth-order valence-corrected chi connectivity index (χ4v) is 3.98. The van der Waals surface area contributed by atoms with E-state index in [4.69, 9.17) is 13.9 Å². The second-order valence-electron chi connectivity index (χ2n) is 7.81. The zero-order valence-corrected chi connectivity index (χ0v) is 21.2. The van der Waals surface area contributed by atoms with Crippen molar-refractivity contribution in [1.29, 1.82) is 0 Å². The molecule has 1 amide bonds. The van der Waals surface area contributed by atoms with Gasteiger partial charge in [-0.2, -0.15) is 5.10 Å². The Morgan fingerprint density at radius 3 is 2.75 bits per heavy atom. The number of nitrogens with zero attached hydrogens (tertiary/aromatic N) is 1. The number of halogens is 2. The maximum absolute atomic E-state index is 14.1. The molecule has 6 nitrogen and oxygen atoms in total. The Balaban J connectivity index is 1.53. The number of benzene rings is 3. The average molecular weight is 551 g/mol. The highest BCUT2D eigenvalue weighted by Gasteiger charge is 2.15. The van der Waals surface area contributed by atoms with Gasteiger partial charge >= 0.3 is 5.91 Å². The first kappa shape index (κ1) is 25.2.